The van der Waals surface area contributed by atoms with E-state index < -0.39 is 0 Å². The summed E-state index contributed by atoms with van der Waals surface area (Å²) in [6.07, 6.45) is 1.77. The van der Waals surface area contributed by atoms with Crippen LogP contribution in [0.4, 0.5) is 0 Å². The first kappa shape index (κ1) is 22.4. The molecule has 0 amide bonds. The third kappa shape index (κ3) is 5.18. The van der Waals surface area contributed by atoms with E-state index in [1.54, 1.807) is 13.2 Å². The first-order valence-corrected chi connectivity index (χ1v) is 11.2. The molecule has 0 radical (unpaired) electrons. The Kier molecular flexibility index (Phi) is 6.96. The number of imidazole rings is 1. The summed E-state index contributed by atoms with van der Waals surface area (Å²) in [5.74, 6) is 2.42. The number of fused-ring (bicyclic) bond motifs is 1. The second-order valence-electron chi connectivity index (χ2n) is 7.18. The van der Waals surface area contributed by atoms with E-state index in [1.807, 2.05) is 67.6 Å². The molecule has 0 aliphatic heterocycles. The number of methoxy groups -OCH3 is 1. The van der Waals surface area contributed by atoms with Crippen molar-refractivity contribution in [3.63, 3.8) is 0 Å². The number of nitriles is 1. The summed E-state index contributed by atoms with van der Waals surface area (Å²) in [7, 11) is 1.61. The lowest BCUT2D eigenvalue weighted by Gasteiger charge is -2.15. The first-order chi connectivity index (χ1) is 16.1. The Labute approximate surface area is 200 Å². The molecule has 4 aromatic rings. The predicted molar refractivity (Wildman–Crippen MR) is 132 cm³/mol. The Morgan fingerprint density at radius 3 is 2.67 bits per heavy atom. The van der Waals surface area contributed by atoms with Crippen LogP contribution >= 0.6 is 15.9 Å². The van der Waals surface area contributed by atoms with Gasteiger partial charge < -0.3 is 19.2 Å². The normalized spacial score (nSPS) is 11.3. The van der Waals surface area contributed by atoms with Gasteiger partial charge in [0.1, 0.15) is 24.3 Å². The number of nitrogens with one attached hydrogen (secondary N) is 1. The van der Waals surface area contributed by atoms with Crippen LogP contribution in [0.5, 0.6) is 17.2 Å². The second-order valence-corrected chi connectivity index (χ2v) is 8.03. The molecule has 6 nitrogen and oxygen atoms in total. The van der Waals surface area contributed by atoms with E-state index in [9.17, 15) is 5.26 Å². The zero-order chi connectivity index (χ0) is 23.2. The van der Waals surface area contributed by atoms with Crippen LogP contribution in [-0.4, -0.2) is 23.7 Å². The van der Waals surface area contributed by atoms with E-state index in [1.165, 1.54) is 0 Å². The third-order valence-electron chi connectivity index (χ3n) is 4.93. The van der Waals surface area contributed by atoms with Crippen molar-refractivity contribution in [1.82, 2.24) is 9.97 Å². The Morgan fingerprint density at radius 2 is 1.94 bits per heavy atom. The Hall–Kier alpha value is -3.76. The monoisotopic (exact) mass is 503 g/mol. The average Bonchev–Trinajstić information content (AvgIpc) is 3.26. The van der Waals surface area contributed by atoms with Crippen molar-refractivity contribution in [1.29, 1.82) is 5.26 Å². The van der Waals surface area contributed by atoms with Crippen LogP contribution in [0.25, 0.3) is 22.7 Å². The topological polar surface area (TPSA) is 80.2 Å². The van der Waals surface area contributed by atoms with Gasteiger partial charge in [-0.25, -0.2) is 4.98 Å². The van der Waals surface area contributed by atoms with E-state index in [0.29, 0.717) is 36.1 Å². The van der Waals surface area contributed by atoms with Gasteiger partial charge in [0.2, 0.25) is 0 Å². The lowest BCUT2D eigenvalue weighted by Crippen LogP contribution is -2.01. The van der Waals surface area contributed by atoms with Crippen molar-refractivity contribution in [2.75, 3.05) is 13.7 Å². The molecule has 1 aromatic heterocycles. The number of allylic oxidation sites excluding steroid dienone is 1. The zero-order valence-electron chi connectivity index (χ0n) is 18.3. The van der Waals surface area contributed by atoms with Gasteiger partial charge in [0.05, 0.1) is 34.8 Å². The van der Waals surface area contributed by atoms with Crippen LogP contribution in [0.3, 0.4) is 0 Å². The third-order valence-corrected chi connectivity index (χ3v) is 5.52. The molecule has 0 atom stereocenters. The molecular formula is C26H22BrN3O3. The highest BCUT2D eigenvalue weighted by Crippen LogP contribution is 2.38. The van der Waals surface area contributed by atoms with Crippen molar-refractivity contribution >= 4 is 38.6 Å². The first-order valence-electron chi connectivity index (χ1n) is 10.4. The molecule has 1 N–H and O–H groups in total. The van der Waals surface area contributed by atoms with Gasteiger partial charge in [-0.15, -0.1) is 0 Å². The lowest BCUT2D eigenvalue weighted by atomic mass is 10.1. The fourth-order valence-corrected chi connectivity index (χ4v) is 3.94. The highest BCUT2D eigenvalue weighted by molar-refractivity contribution is 9.10. The maximum atomic E-state index is 9.80. The SMILES string of the molecule is CCOc1cc(/C=C(/C#N)c2nc3ccc(OC)cc3[nH]2)cc(Br)c1OCc1ccccc1. The number of hydrogen-bond acceptors (Lipinski definition) is 5. The molecule has 166 valence electrons. The summed E-state index contributed by atoms with van der Waals surface area (Å²) in [5, 5.41) is 9.80. The quantitative estimate of drug-likeness (QED) is 0.282. The van der Waals surface area contributed by atoms with Crippen LogP contribution in [-0.2, 0) is 6.61 Å². The van der Waals surface area contributed by atoms with Crippen molar-refractivity contribution in [2.45, 2.75) is 13.5 Å². The fraction of sp³-hybridized carbons (Fsp3) is 0.154. The number of nitrogens with zero attached hydrogens (tertiary/aromatic N) is 2. The van der Waals surface area contributed by atoms with Crippen LogP contribution in [0, 0.1) is 11.3 Å². The van der Waals surface area contributed by atoms with E-state index in [2.05, 4.69) is 32.0 Å². The molecule has 4 rings (SSSR count). The minimum atomic E-state index is 0.400. The van der Waals surface area contributed by atoms with Crippen LogP contribution in [0.1, 0.15) is 23.9 Å². The average molecular weight is 504 g/mol. The molecule has 0 aliphatic carbocycles. The molecule has 0 spiro atoms. The highest BCUT2D eigenvalue weighted by atomic mass is 79.9. The van der Waals surface area contributed by atoms with Gasteiger partial charge in [-0.05, 0) is 64.3 Å². The van der Waals surface area contributed by atoms with Gasteiger partial charge in [0.25, 0.3) is 0 Å². The van der Waals surface area contributed by atoms with Gasteiger partial charge in [0.15, 0.2) is 11.5 Å². The van der Waals surface area contributed by atoms with Gasteiger partial charge in [-0.2, -0.15) is 5.26 Å². The number of hydrogen-bond donors (Lipinski definition) is 1. The number of rotatable bonds is 8. The summed E-state index contributed by atoms with van der Waals surface area (Å²) in [6.45, 7) is 2.82. The summed E-state index contributed by atoms with van der Waals surface area (Å²) >= 11 is 3.60. The minimum absolute atomic E-state index is 0.400. The standard InChI is InChI=1S/C26H22BrN3O3/c1-3-32-24-13-18(12-21(27)25(24)33-16-17-7-5-4-6-8-17)11-19(15-28)26-29-22-10-9-20(31-2)14-23(22)30-26/h4-14H,3,16H2,1-2H3,(H,29,30)/b19-11-. The lowest BCUT2D eigenvalue weighted by molar-refractivity contribution is 0.267. The highest BCUT2D eigenvalue weighted by Gasteiger charge is 2.14. The maximum absolute atomic E-state index is 9.80. The van der Waals surface area contributed by atoms with Crippen molar-refractivity contribution < 1.29 is 14.2 Å². The van der Waals surface area contributed by atoms with E-state index >= 15 is 0 Å². The fourth-order valence-electron chi connectivity index (χ4n) is 3.37. The second kappa shape index (κ2) is 10.2. The minimum Gasteiger partial charge on any atom is -0.497 e. The number of benzene rings is 3. The largest absolute Gasteiger partial charge is 0.497 e. The molecular weight excluding hydrogens is 482 g/mol. The summed E-state index contributed by atoms with van der Waals surface area (Å²) in [5.41, 5.74) is 3.80. The Morgan fingerprint density at radius 1 is 1.12 bits per heavy atom. The van der Waals surface area contributed by atoms with E-state index in [-0.39, 0.29) is 0 Å². The molecule has 33 heavy (non-hydrogen) atoms. The smallest absolute Gasteiger partial charge is 0.175 e. The zero-order valence-corrected chi connectivity index (χ0v) is 19.8. The van der Waals surface area contributed by atoms with Gasteiger partial charge >= 0.3 is 0 Å². The number of halogens is 1. The van der Waals surface area contributed by atoms with Crippen LogP contribution in [0.2, 0.25) is 0 Å². The number of H-pyrrole nitrogens is 1. The molecule has 1 heterocycles. The van der Waals surface area contributed by atoms with E-state index in [0.717, 1.165) is 32.4 Å². The molecule has 0 saturated carbocycles. The van der Waals surface area contributed by atoms with Crippen LogP contribution < -0.4 is 14.2 Å². The molecule has 0 fully saturated rings. The number of aromatic amines is 1. The van der Waals surface area contributed by atoms with Gasteiger partial charge in [-0.1, -0.05) is 30.3 Å². The Bertz CT molecular complexity index is 1340. The molecule has 0 bridgehead atoms. The summed E-state index contributed by atoms with van der Waals surface area (Å²) < 4.78 is 17.9. The van der Waals surface area contributed by atoms with Crippen LogP contribution in [0.15, 0.2) is 65.1 Å². The van der Waals surface area contributed by atoms with Gasteiger partial charge in [0, 0.05) is 6.07 Å². The number of ether oxygens (including phenoxy) is 3. The van der Waals surface area contributed by atoms with Crippen molar-refractivity contribution in [2.24, 2.45) is 0 Å². The summed E-state index contributed by atoms with van der Waals surface area (Å²) in [4.78, 5) is 7.74. The molecule has 0 aliphatic rings. The van der Waals surface area contributed by atoms with Crippen molar-refractivity contribution in [3.8, 4) is 23.3 Å². The van der Waals surface area contributed by atoms with Gasteiger partial charge in [-0.3, -0.25) is 0 Å². The van der Waals surface area contributed by atoms with E-state index in [4.69, 9.17) is 14.2 Å². The molecule has 3 aromatic carbocycles. The molecule has 7 heteroatoms. The maximum Gasteiger partial charge on any atom is 0.175 e. The molecule has 0 unspecified atom stereocenters. The Balaban J connectivity index is 1.66. The number of aromatic nitrogens is 2. The predicted octanol–water partition coefficient (Wildman–Crippen LogP) is 6.38. The summed E-state index contributed by atoms with van der Waals surface area (Å²) in [6, 6.07) is 21.5. The molecule has 0 saturated heterocycles. The van der Waals surface area contributed by atoms with Crippen molar-refractivity contribution in [3.05, 3.63) is 82.1 Å².